The summed E-state index contributed by atoms with van der Waals surface area (Å²) in [6.45, 7) is 6.83. The smallest absolute Gasteiger partial charge is 0.0556 e. The average Bonchev–Trinajstić information content (AvgIpc) is 1.96. The Morgan fingerprint density at radius 1 is 1.36 bits per heavy atom. The lowest BCUT2D eigenvalue weighted by molar-refractivity contribution is 0.124. The minimum Gasteiger partial charge on any atom is -0.380 e. The Bertz CT molecular complexity index is 78.5. The van der Waals surface area contributed by atoms with E-state index in [9.17, 15) is 0 Å². The number of hydrogen-bond acceptors (Lipinski definition) is 3. The summed E-state index contributed by atoms with van der Waals surface area (Å²) in [7, 11) is 0. The summed E-state index contributed by atoms with van der Waals surface area (Å²) in [5, 5.41) is 0. The van der Waals surface area contributed by atoms with Gasteiger partial charge >= 0.3 is 0 Å². The van der Waals surface area contributed by atoms with Crippen molar-refractivity contribution in [3.05, 3.63) is 0 Å². The maximum atomic E-state index is 5.38. The Balaban J connectivity index is 2.80. The van der Waals surface area contributed by atoms with Crippen LogP contribution < -0.4 is 5.73 Å². The molecular formula is C8H19NOS. The molecule has 0 aliphatic carbocycles. The predicted octanol–water partition coefficient (Wildman–Crippen LogP) is 1.35. The van der Waals surface area contributed by atoms with Gasteiger partial charge in [0.25, 0.3) is 0 Å². The van der Waals surface area contributed by atoms with E-state index in [4.69, 9.17) is 10.5 Å². The van der Waals surface area contributed by atoms with Gasteiger partial charge in [0.15, 0.2) is 0 Å². The number of hydrogen-bond donors (Lipinski definition) is 1. The Morgan fingerprint density at radius 2 is 2.09 bits per heavy atom. The van der Waals surface area contributed by atoms with Gasteiger partial charge in [-0.1, -0.05) is 13.8 Å². The molecule has 0 aromatic rings. The maximum absolute atomic E-state index is 5.38. The molecule has 2 nitrogen and oxygen atoms in total. The van der Waals surface area contributed by atoms with Gasteiger partial charge in [0.2, 0.25) is 0 Å². The highest BCUT2D eigenvalue weighted by molar-refractivity contribution is 7.99. The first-order valence-corrected chi connectivity index (χ1v) is 5.28. The van der Waals surface area contributed by atoms with Crippen molar-refractivity contribution in [2.45, 2.75) is 13.8 Å². The molecule has 0 radical (unpaired) electrons. The molecule has 68 valence electrons. The van der Waals surface area contributed by atoms with Crippen LogP contribution in [0.15, 0.2) is 0 Å². The Kier molecular flexibility index (Phi) is 8.57. The molecule has 0 aliphatic heterocycles. The van der Waals surface area contributed by atoms with Gasteiger partial charge in [0.1, 0.15) is 0 Å². The van der Waals surface area contributed by atoms with Gasteiger partial charge in [0, 0.05) is 24.7 Å². The topological polar surface area (TPSA) is 35.2 Å². The monoisotopic (exact) mass is 177 g/mol. The molecule has 3 heteroatoms. The minimum atomic E-state index is 0.648. The van der Waals surface area contributed by atoms with Crippen LogP contribution in [0.5, 0.6) is 0 Å². The highest BCUT2D eigenvalue weighted by Gasteiger charge is 1.92. The first-order chi connectivity index (χ1) is 5.27. The number of ether oxygens (including phenoxy) is 1. The molecule has 0 aliphatic rings. The Hall–Kier alpha value is 0.270. The summed E-state index contributed by atoms with van der Waals surface area (Å²) in [6, 6.07) is 0. The van der Waals surface area contributed by atoms with Gasteiger partial charge in [-0.3, -0.25) is 0 Å². The lowest BCUT2D eigenvalue weighted by Gasteiger charge is -2.05. The van der Waals surface area contributed by atoms with Crippen LogP contribution in [0.3, 0.4) is 0 Å². The van der Waals surface area contributed by atoms with Gasteiger partial charge < -0.3 is 10.5 Å². The van der Waals surface area contributed by atoms with E-state index in [-0.39, 0.29) is 0 Å². The van der Waals surface area contributed by atoms with E-state index in [1.807, 2.05) is 11.8 Å². The number of nitrogens with two attached hydrogens (primary N) is 1. The Labute approximate surface area is 73.9 Å². The van der Waals surface area contributed by atoms with Crippen LogP contribution in [-0.2, 0) is 4.74 Å². The fraction of sp³-hybridized carbons (Fsp3) is 1.00. The molecule has 0 saturated carbocycles. The summed E-state index contributed by atoms with van der Waals surface area (Å²) >= 11 is 1.85. The molecule has 0 spiro atoms. The molecule has 0 aromatic heterocycles. The maximum Gasteiger partial charge on any atom is 0.0556 e. The van der Waals surface area contributed by atoms with Crippen molar-refractivity contribution in [3.63, 3.8) is 0 Å². The van der Waals surface area contributed by atoms with E-state index in [0.717, 1.165) is 31.3 Å². The third kappa shape index (κ3) is 10.3. The zero-order valence-corrected chi connectivity index (χ0v) is 8.32. The van der Waals surface area contributed by atoms with E-state index in [2.05, 4.69) is 13.8 Å². The quantitative estimate of drug-likeness (QED) is 0.596. The van der Waals surface area contributed by atoms with Gasteiger partial charge in [-0.05, 0) is 5.92 Å². The average molecular weight is 177 g/mol. The van der Waals surface area contributed by atoms with Crippen LogP contribution in [0.4, 0.5) is 0 Å². The van der Waals surface area contributed by atoms with Crippen molar-refractivity contribution in [1.29, 1.82) is 0 Å². The number of thioether (sulfide) groups is 1. The highest BCUT2D eigenvalue weighted by atomic mass is 32.2. The summed E-state index contributed by atoms with van der Waals surface area (Å²) < 4.78 is 5.38. The van der Waals surface area contributed by atoms with Gasteiger partial charge in [-0.2, -0.15) is 11.8 Å². The first kappa shape index (κ1) is 11.3. The summed E-state index contributed by atoms with van der Waals surface area (Å²) in [5.74, 6) is 2.77. The minimum absolute atomic E-state index is 0.648. The lowest BCUT2D eigenvalue weighted by Crippen LogP contribution is -2.07. The van der Waals surface area contributed by atoms with Crippen molar-refractivity contribution >= 4 is 11.8 Å². The molecule has 2 N–H and O–H groups in total. The van der Waals surface area contributed by atoms with Crippen LogP contribution in [0.2, 0.25) is 0 Å². The Morgan fingerprint density at radius 3 is 2.64 bits per heavy atom. The molecule has 0 aromatic carbocycles. The van der Waals surface area contributed by atoms with E-state index in [1.54, 1.807) is 0 Å². The zero-order chi connectivity index (χ0) is 8.53. The SMILES string of the molecule is CC(C)COCCSCCN. The third-order valence-corrected chi connectivity index (χ3v) is 2.07. The van der Waals surface area contributed by atoms with Crippen LogP contribution in [-0.4, -0.2) is 31.3 Å². The van der Waals surface area contributed by atoms with E-state index in [0.29, 0.717) is 5.92 Å². The standard InChI is InChI=1S/C8H19NOS/c1-8(2)7-10-4-6-11-5-3-9/h8H,3-7,9H2,1-2H3. The van der Waals surface area contributed by atoms with E-state index >= 15 is 0 Å². The van der Waals surface area contributed by atoms with Crippen LogP contribution >= 0.6 is 11.8 Å². The lowest BCUT2D eigenvalue weighted by atomic mass is 10.2. The van der Waals surface area contributed by atoms with Crippen molar-refractivity contribution in [2.24, 2.45) is 11.7 Å². The molecule has 0 bridgehead atoms. The third-order valence-electron chi connectivity index (χ3n) is 1.09. The molecule has 0 fully saturated rings. The molecule has 0 atom stereocenters. The molecule has 0 saturated heterocycles. The van der Waals surface area contributed by atoms with Crippen molar-refractivity contribution in [2.75, 3.05) is 31.3 Å². The number of rotatable bonds is 7. The molecule has 0 amide bonds. The van der Waals surface area contributed by atoms with Crippen molar-refractivity contribution < 1.29 is 4.74 Å². The second-order valence-corrected chi connectivity index (χ2v) is 4.09. The molecule has 11 heavy (non-hydrogen) atoms. The predicted molar refractivity (Wildman–Crippen MR) is 52.0 cm³/mol. The molecule has 0 heterocycles. The van der Waals surface area contributed by atoms with Gasteiger partial charge in [-0.25, -0.2) is 0 Å². The molecule has 0 unspecified atom stereocenters. The normalized spacial score (nSPS) is 10.9. The summed E-state index contributed by atoms with van der Waals surface area (Å²) in [4.78, 5) is 0. The molecule has 0 rings (SSSR count). The second kappa shape index (κ2) is 8.37. The zero-order valence-electron chi connectivity index (χ0n) is 7.51. The van der Waals surface area contributed by atoms with Crippen molar-refractivity contribution in [1.82, 2.24) is 0 Å². The van der Waals surface area contributed by atoms with Crippen molar-refractivity contribution in [3.8, 4) is 0 Å². The second-order valence-electron chi connectivity index (χ2n) is 2.87. The summed E-state index contributed by atoms with van der Waals surface area (Å²) in [5.41, 5.74) is 5.33. The van der Waals surface area contributed by atoms with E-state index < -0.39 is 0 Å². The fourth-order valence-corrected chi connectivity index (χ4v) is 1.23. The van der Waals surface area contributed by atoms with Gasteiger partial charge in [-0.15, -0.1) is 0 Å². The first-order valence-electron chi connectivity index (χ1n) is 4.13. The largest absolute Gasteiger partial charge is 0.380 e. The van der Waals surface area contributed by atoms with Crippen LogP contribution in [0, 0.1) is 5.92 Å². The van der Waals surface area contributed by atoms with Crippen LogP contribution in [0.25, 0.3) is 0 Å². The fourth-order valence-electron chi connectivity index (χ4n) is 0.622. The summed E-state index contributed by atoms with van der Waals surface area (Å²) in [6.07, 6.45) is 0. The highest BCUT2D eigenvalue weighted by Crippen LogP contribution is 1.98. The van der Waals surface area contributed by atoms with Crippen LogP contribution in [0.1, 0.15) is 13.8 Å². The molecular weight excluding hydrogens is 158 g/mol. The van der Waals surface area contributed by atoms with Gasteiger partial charge in [0.05, 0.1) is 6.61 Å². The van der Waals surface area contributed by atoms with E-state index in [1.165, 1.54) is 0 Å².